The summed E-state index contributed by atoms with van der Waals surface area (Å²) in [6, 6.07) is 14.3. The van der Waals surface area contributed by atoms with Gasteiger partial charge in [-0.25, -0.2) is 0 Å². The van der Waals surface area contributed by atoms with Gasteiger partial charge in [-0.05, 0) is 36.1 Å². The Hall–Kier alpha value is -3.06. The van der Waals surface area contributed by atoms with E-state index in [2.05, 4.69) is 41.4 Å². The second-order valence-electron chi connectivity index (χ2n) is 8.74. The van der Waals surface area contributed by atoms with Gasteiger partial charge in [-0.1, -0.05) is 31.2 Å². The number of hydrogen-bond acceptors (Lipinski definition) is 5. The zero-order valence-electron chi connectivity index (χ0n) is 18.4. The number of ether oxygens (including phenoxy) is 2. The van der Waals surface area contributed by atoms with Crippen LogP contribution in [0, 0.1) is 5.92 Å². The zero-order valence-corrected chi connectivity index (χ0v) is 18.4. The van der Waals surface area contributed by atoms with E-state index in [9.17, 15) is 9.59 Å². The molecule has 3 aliphatic heterocycles. The number of amides is 2. The predicted octanol–water partition coefficient (Wildman–Crippen LogP) is 2.72. The van der Waals surface area contributed by atoms with Crippen LogP contribution in [0.4, 0.5) is 5.69 Å². The highest BCUT2D eigenvalue weighted by atomic mass is 16.7. The molecule has 2 unspecified atom stereocenters. The molecule has 7 heteroatoms. The van der Waals surface area contributed by atoms with Crippen LogP contribution in [-0.2, 0) is 22.6 Å². The van der Waals surface area contributed by atoms with E-state index in [1.165, 1.54) is 11.1 Å². The number of hydrogen-bond donors (Lipinski definition) is 1. The highest BCUT2D eigenvalue weighted by Crippen LogP contribution is 2.37. The Morgan fingerprint density at radius 2 is 1.97 bits per heavy atom. The van der Waals surface area contributed by atoms with Gasteiger partial charge < -0.3 is 19.7 Å². The number of carbonyl (C=O) groups excluding carboxylic acids is 2. The van der Waals surface area contributed by atoms with Crippen molar-refractivity contribution >= 4 is 17.5 Å². The largest absolute Gasteiger partial charge is 0.454 e. The van der Waals surface area contributed by atoms with Crippen molar-refractivity contribution < 1.29 is 19.1 Å². The summed E-state index contributed by atoms with van der Waals surface area (Å²) < 4.78 is 10.8. The van der Waals surface area contributed by atoms with Crippen LogP contribution in [-0.4, -0.2) is 49.2 Å². The topological polar surface area (TPSA) is 71.1 Å². The van der Waals surface area contributed by atoms with Crippen molar-refractivity contribution in [3.8, 4) is 11.5 Å². The fourth-order valence-corrected chi connectivity index (χ4v) is 4.91. The number of rotatable bonds is 6. The molecule has 168 valence electrons. The Balaban J connectivity index is 1.18. The molecule has 2 amide bonds. The summed E-state index contributed by atoms with van der Waals surface area (Å²) in [5.74, 6) is 0.895. The number of nitrogens with zero attached hydrogens (tertiary/aromatic N) is 2. The molecule has 0 spiro atoms. The van der Waals surface area contributed by atoms with Crippen molar-refractivity contribution in [3.63, 3.8) is 0 Å². The molecule has 0 aliphatic carbocycles. The maximum Gasteiger partial charge on any atom is 0.231 e. The number of fused-ring (bicyclic) bond motifs is 2. The van der Waals surface area contributed by atoms with E-state index in [0.717, 1.165) is 31.6 Å². The van der Waals surface area contributed by atoms with Gasteiger partial charge in [0.1, 0.15) is 0 Å². The SMILES string of the molecule is CCC(CNC(=O)C1CC(=O)N(c2ccc3c(c2)OCO3)C1)N1CCc2ccccc2C1. The summed E-state index contributed by atoms with van der Waals surface area (Å²) in [6.45, 7) is 5.27. The third kappa shape index (κ3) is 4.05. The molecule has 0 aromatic heterocycles. The Morgan fingerprint density at radius 1 is 1.16 bits per heavy atom. The molecule has 0 radical (unpaired) electrons. The van der Waals surface area contributed by atoms with Crippen molar-refractivity contribution in [1.82, 2.24) is 10.2 Å². The lowest BCUT2D eigenvalue weighted by Gasteiger charge is -2.35. The fourth-order valence-electron chi connectivity index (χ4n) is 4.91. The molecule has 2 aromatic carbocycles. The summed E-state index contributed by atoms with van der Waals surface area (Å²) in [4.78, 5) is 29.6. The van der Waals surface area contributed by atoms with Crippen LogP contribution >= 0.6 is 0 Å². The number of anilines is 1. The van der Waals surface area contributed by atoms with Gasteiger partial charge in [0.2, 0.25) is 18.6 Å². The van der Waals surface area contributed by atoms with Crippen LogP contribution in [0.1, 0.15) is 30.9 Å². The van der Waals surface area contributed by atoms with Crippen LogP contribution in [0.15, 0.2) is 42.5 Å². The molecular weight excluding hydrogens is 406 g/mol. The van der Waals surface area contributed by atoms with Gasteiger partial charge >= 0.3 is 0 Å². The second kappa shape index (κ2) is 8.82. The van der Waals surface area contributed by atoms with Gasteiger partial charge in [0.15, 0.2) is 11.5 Å². The number of nitrogens with one attached hydrogen (secondary N) is 1. The van der Waals surface area contributed by atoms with E-state index in [-0.39, 0.29) is 37.0 Å². The molecule has 1 fully saturated rings. The summed E-state index contributed by atoms with van der Waals surface area (Å²) >= 11 is 0. The van der Waals surface area contributed by atoms with Gasteiger partial charge in [0.25, 0.3) is 0 Å². The van der Waals surface area contributed by atoms with E-state index in [4.69, 9.17) is 9.47 Å². The van der Waals surface area contributed by atoms with Crippen LogP contribution in [0.25, 0.3) is 0 Å². The molecule has 3 aliphatic rings. The monoisotopic (exact) mass is 435 g/mol. The summed E-state index contributed by atoms with van der Waals surface area (Å²) in [7, 11) is 0. The van der Waals surface area contributed by atoms with Crippen LogP contribution in [0.2, 0.25) is 0 Å². The van der Waals surface area contributed by atoms with Crippen molar-refractivity contribution in [2.45, 2.75) is 38.8 Å². The van der Waals surface area contributed by atoms with E-state index >= 15 is 0 Å². The maximum absolute atomic E-state index is 12.9. The van der Waals surface area contributed by atoms with Crippen molar-refractivity contribution in [2.24, 2.45) is 5.92 Å². The smallest absolute Gasteiger partial charge is 0.231 e. The number of benzene rings is 2. The summed E-state index contributed by atoms with van der Waals surface area (Å²) in [6.07, 6.45) is 2.24. The van der Waals surface area contributed by atoms with Gasteiger partial charge in [-0.3, -0.25) is 14.5 Å². The van der Waals surface area contributed by atoms with Crippen molar-refractivity contribution in [1.29, 1.82) is 0 Å². The lowest BCUT2D eigenvalue weighted by Crippen LogP contribution is -2.47. The second-order valence-corrected chi connectivity index (χ2v) is 8.74. The van der Waals surface area contributed by atoms with Crippen LogP contribution < -0.4 is 19.7 Å². The molecule has 32 heavy (non-hydrogen) atoms. The first-order valence-corrected chi connectivity index (χ1v) is 11.4. The molecule has 2 atom stereocenters. The first-order valence-electron chi connectivity index (χ1n) is 11.4. The first kappa shape index (κ1) is 20.8. The average molecular weight is 436 g/mol. The van der Waals surface area contributed by atoms with E-state index in [0.29, 0.717) is 24.6 Å². The van der Waals surface area contributed by atoms with Gasteiger partial charge in [0, 0.05) is 50.4 Å². The van der Waals surface area contributed by atoms with Gasteiger partial charge in [0.05, 0.1) is 5.92 Å². The minimum absolute atomic E-state index is 0.0382. The minimum atomic E-state index is -0.340. The third-order valence-corrected chi connectivity index (χ3v) is 6.82. The summed E-state index contributed by atoms with van der Waals surface area (Å²) in [5.41, 5.74) is 3.55. The van der Waals surface area contributed by atoms with Crippen molar-refractivity contribution in [2.75, 3.05) is 31.3 Å². The molecule has 1 N–H and O–H groups in total. The predicted molar refractivity (Wildman–Crippen MR) is 121 cm³/mol. The molecule has 0 bridgehead atoms. The van der Waals surface area contributed by atoms with Gasteiger partial charge in [-0.15, -0.1) is 0 Å². The van der Waals surface area contributed by atoms with Gasteiger partial charge in [-0.2, -0.15) is 0 Å². The van der Waals surface area contributed by atoms with Crippen LogP contribution in [0.3, 0.4) is 0 Å². The molecule has 2 aromatic rings. The third-order valence-electron chi connectivity index (χ3n) is 6.82. The fraction of sp³-hybridized carbons (Fsp3) is 0.440. The molecule has 7 nitrogen and oxygen atoms in total. The molecular formula is C25H29N3O4. The Morgan fingerprint density at radius 3 is 2.81 bits per heavy atom. The normalized spacial score (nSPS) is 20.8. The standard InChI is InChI=1S/C25H29N3O4/c1-2-20(27-10-9-17-5-3-4-6-18(17)14-27)13-26-25(30)19-11-24(29)28(15-19)21-7-8-22-23(12-21)32-16-31-22/h3-8,12,19-20H,2,9-11,13-16H2,1H3,(H,26,30). The summed E-state index contributed by atoms with van der Waals surface area (Å²) in [5, 5.41) is 3.13. The lowest BCUT2D eigenvalue weighted by atomic mass is 9.98. The van der Waals surface area contributed by atoms with E-state index in [1.54, 1.807) is 11.0 Å². The minimum Gasteiger partial charge on any atom is -0.454 e. The van der Waals surface area contributed by atoms with Crippen molar-refractivity contribution in [3.05, 3.63) is 53.6 Å². The zero-order chi connectivity index (χ0) is 22.1. The molecule has 3 heterocycles. The quantitative estimate of drug-likeness (QED) is 0.756. The highest BCUT2D eigenvalue weighted by molar-refractivity contribution is 6.00. The Kier molecular flexibility index (Phi) is 5.74. The van der Waals surface area contributed by atoms with E-state index in [1.807, 2.05) is 12.1 Å². The molecule has 1 saturated heterocycles. The maximum atomic E-state index is 12.9. The van der Waals surface area contributed by atoms with E-state index < -0.39 is 0 Å². The Labute approximate surface area is 188 Å². The molecule has 5 rings (SSSR count). The highest BCUT2D eigenvalue weighted by Gasteiger charge is 2.36. The average Bonchev–Trinajstić information content (AvgIpc) is 3.45. The Bertz CT molecular complexity index is 1020. The number of carbonyl (C=O) groups is 2. The molecule has 0 saturated carbocycles. The first-order chi connectivity index (χ1) is 15.6. The lowest BCUT2D eigenvalue weighted by molar-refractivity contribution is -0.126. The van der Waals surface area contributed by atoms with Crippen LogP contribution in [0.5, 0.6) is 11.5 Å².